The van der Waals surface area contributed by atoms with E-state index >= 15 is 0 Å². The molecule has 5 nitrogen and oxygen atoms in total. The van der Waals surface area contributed by atoms with Gasteiger partial charge in [-0.3, -0.25) is 9.59 Å². The SMILES string of the molecule is CC(=O)c1cccc(NC(=O)COC(=O)/C=C/c2cccc(Br)c2)c1. The average Bonchev–Trinajstić information content (AvgIpc) is 2.58. The number of ether oxygens (including phenoxy) is 1. The molecule has 0 aromatic heterocycles. The Hall–Kier alpha value is -2.73. The molecule has 0 spiro atoms. The van der Waals surface area contributed by atoms with Crippen molar-refractivity contribution >= 4 is 45.4 Å². The summed E-state index contributed by atoms with van der Waals surface area (Å²) in [5.74, 6) is -1.20. The third-order valence-corrected chi connectivity index (χ3v) is 3.65. The van der Waals surface area contributed by atoms with E-state index in [-0.39, 0.29) is 5.78 Å². The molecule has 128 valence electrons. The molecule has 0 heterocycles. The maximum absolute atomic E-state index is 11.8. The summed E-state index contributed by atoms with van der Waals surface area (Å²) >= 11 is 3.34. The summed E-state index contributed by atoms with van der Waals surface area (Å²) in [4.78, 5) is 34.8. The van der Waals surface area contributed by atoms with Crippen molar-refractivity contribution in [2.75, 3.05) is 11.9 Å². The van der Waals surface area contributed by atoms with Crippen molar-refractivity contribution in [3.05, 3.63) is 70.2 Å². The molecule has 0 radical (unpaired) electrons. The van der Waals surface area contributed by atoms with Crippen LogP contribution >= 0.6 is 15.9 Å². The standard InChI is InChI=1S/C19H16BrNO4/c1-13(22)15-5-3-7-17(11-15)21-18(23)12-25-19(24)9-8-14-4-2-6-16(20)10-14/h2-11H,12H2,1H3,(H,21,23)/b9-8+. The Morgan fingerprint density at radius 3 is 2.60 bits per heavy atom. The molecule has 6 heteroatoms. The lowest BCUT2D eigenvalue weighted by atomic mass is 10.1. The molecule has 0 saturated heterocycles. The number of halogens is 1. The number of rotatable bonds is 6. The van der Waals surface area contributed by atoms with Crippen molar-refractivity contribution in [1.82, 2.24) is 0 Å². The molecule has 0 aliphatic carbocycles. The summed E-state index contributed by atoms with van der Waals surface area (Å²) < 4.78 is 5.79. The number of carbonyl (C=O) groups is 3. The normalized spacial score (nSPS) is 10.5. The molecule has 1 amide bonds. The van der Waals surface area contributed by atoms with Gasteiger partial charge in [-0.2, -0.15) is 0 Å². The smallest absolute Gasteiger partial charge is 0.331 e. The van der Waals surface area contributed by atoms with E-state index in [2.05, 4.69) is 21.2 Å². The van der Waals surface area contributed by atoms with E-state index in [0.717, 1.165) is 10.0 Å². The van der Waals surface area contributed by atoms with Gasteiger partial charge in [0.15, 0.2) is 12.4 Å². The largest absolute Gasteiger partial charge is 0.452 e. The van der Waals surface area contributed by atoms with E-state index in [9.17, 15) is 14.4 Å². The molecule has 0 aliphatic heterocycles. The molecule has 0 aliphatic rings. The van der Waals surface area contributed by atoms with Crippen LogP contribution in [-0.2, 0) is 14.3 Å². The van der Waals surface area contributed by atoms with Crippen molar-refractivity contribution in [3.63, 3.8) is 0 Å². The van der Waals surface area contributed by atoms with Gasteiger partial charge in [-0.05, 0) is 42.8 Å². The van der Waals surface area contributed by atoms with E-state index < -0.39 is 18.5 Å². The summed E-state index contributed by atoms with van der Waals surface area (Å²) in [6.07, 6.45) is 2.85. The highest BCUT2D eigenvalue weighted by atomic mass is 79.9. The molecule has 2 aromatic carbocycles. The zero-order valence-electron chi connectivity index (χ0n) is 13.5. The molecule has 0 saturated carbocycles. The summed E-state index contributed by atoms with van der Waals surface area (Å²) in [5, 5.41) is 2.58. The predicted molar refractivity (Wildman–Crippen MR) is 99.2 cm³/mol. The van der Waals surface area contributed by atoms with Gasteiger partial charge >= 0.3 is 5.97 Å². The first-order valence-electron chi connectivity index (χ1n) is 7.45. The molecule has 0 unspecified atom stereocenters. The van der Waals surface area contributed by atoms with Crippen LogP contribution in [0.5, 0.6) is 0 Å². The monoisotopic (exact) mass is 401 g/mol. The molecule has 0 bridgehead atoms. The Labute approximate surface area is 153 Å². The van der Waals surface area contributed by atoms with E-state index in [1.54, 1.807) is 30.3 Å². The third-order valence-electron chi connectivity index (χ3n) is 3.16. The number of hydrogen-bond donors (Lipinski definition) is 1. The van der Waals surface area contributed by atoms with Gasteiger partial charge in [0.1, 0.15) is 0 Å². The van der Waals surface area contributed by atoms with Gasteiger partial charge < -0.3 is 10.1 Å². The molecular weight excluding hydrogens is 386 g/mol. The molecular formula is C19H16BrNO4. The second kappa shape index (κ2) is 8.94. The quantitative estimate of drug-likeness (QED) is 0.453. The Balaban J connectivity index is 1.84. The molecule has 1 N–H and O–H groups in total. The highest BCUT2D eigenvalue weighted by Gasteiger charge is 2.07. The van der Waals surface area contributed by atoms with Gasteiger partial charge in [0.05, 0.1) is 0 Å². The molecule has 2 rings (SSSR count). The molecule has 25 heavy (non-hydrogen) atoms. The minimum atomic E-state index is -0.618. The Morgan fingerprint density at radius 1 is 1.12 bits per heavy atom. The van der Waals surface area contributed by atoms with Crippen molar-refractivity contribution in [3.8, 4) is 0 Å². The second-order valence-electron chi connectivity index (χ2n) is 5.18. The van der Waals surface area contributed by atoms with Crippen LogP contribution in [0, 0.1) is 0 Å². The highest BCUT2D eigenvalue weighted by molar-refractivity contribution is 9.10. The molecule has 0 fully saturated rings. The molecule has 2 aromatic rings. The van der Waals surface area contributed by atoms with Gasteiger partial charge in [0.25, 0.3) is 5.91 Å². The summed E-state index contributed by atoms with van der Waals surface area (Å²) in [7, 11) is 0. The summed E-state index contributed by atoms with van der Waals surface area (Å²) in [6.45, 7) is 1.03. The lowest BCUT2D eigenvalue weighted by Crippen LogP contribution is -2.20. The lowest BCUT2D eigenvalue weighted by Gasteiger charge is -2.06. The number of carbonyl (C=O) groups excluding carboxylic acids is 3. The van der Waals surface area contributed by atoms with E-state index in [1.807, 2.05) is 24.3 Å². The van der Waals surface area contributed by atoms with Crippen LogP contribution in [0.4, 0.5) is 5.69 Å². The van der Waals surface area contributed by atoms with E-state index in [1.165, 1.54) is 13.0 Å². The first-order valence-corrected chi connectivity index (χ1v) is 8.24. The van der Waals surface area contributed by atoms with Gasteiger partial charge in [0.2, 0.25) is 0 Å². The number of benzene rings is 2. The fourth-order valence-corrected chi connectivity index (χ4v) is 2.39. The van der Waals surface area contributed by atoms with Crippen molar-refractivity contribution in [1.29, 1.82) is 0 Å². The van der Waals surface area contributed by atoms with Gasteiger partial charge in [-0.15, -0.1) is 0 Å². The summed E-state index contributed by atoms with van der Waals surface area (Å²) in [6, 6.07) is 13.9. The average molecular weight is 402 g/mol. The minimum Gasteiger partial charge on any atom is -0.452 e. The number of amides is 1. The molecule has 0 atom stereocenters. The maximum atomic E-state index is 11.8. The first kappa shape index (κ1) is 18.6. The predicted octanol–water partition coefficient (Wildman–Crippen LogP) is 3.85. The van der Waals surface area contributed by atoms with Crippen LogP contribution in [-0.4, -0.2) is 24.3 Å². The first-order chi connectivity index (χ1) is 11.9. The lowest BCUT2D eigenvalue weighted by molar-refractivity contribution is -0.142. The second-order valence-corrected chi connectivity index (χ2v) is 6.10. The number of esters is 1. The van der Waals surface area contributed by atoms with Gasteiger partial charge in [-0.1, -0.05) is 40.2 Å². The van der Waals surface area contributed by atoms with Crippen LogP contribution in [0.15, 0.2) is 59.1 Å². The van der Waals surface area contributed by atoms with Gasteiger partial charge in [0, 0.05) is 21.8 Å². The fraction of sp³-hybridized carbons (Fsp3) is 0.105. The van der Waals surface area contributed by atoms with Crippen LogP contribution in [0.1, 0.15) is 22.8 Å². The van der Waals surface area contributed by atoms with Crippen LogP contribution in [0.25, 0.3) is 6.08 Å². The minimum absolute atomic E-state index is 0.0970. The Kier molecular flexibility index (Phi) is 6.65. The van der Waals surface area contributed by atoms with Crippen molar-refractivity contribution in [2.45, 2.75) is 6.92 Å². The Morgan fingerprint density at radius 2 is 1.88 bits per heavy atom. The van der Waals surface area contributed by atoms with Crippen LogP contribution in [0.3, 0.4) is 0 Å². The number of nitrogens with one attached hydrogen (secondary N) is 1. The zero-order chi connectivity index (χ0) is 18.2. The third kappa shape index (κ3) is 6.35. The number of anilines is 1. The van der Waals surface area contributed by atoms with Crippen LogP contribution in [0.2, 0.25) is 0 Å². The number of hydrogen-bond acceptors (Lipinski definition) is 4. The van der Waals surface area contributed by atoms with Crippen molar-refractivity contribution < 1.29 is 19.1 Å². The van der Waals surface area contributed by atoms with Crippen molar-refractivity contribution in [2.24, 2.45) is 0 Å². The van der Waals surface area contributed by atoms with E-state index in [4.69, 9.17) is 4.74 Å². The van der Waals surface area contributed by atoms with Gasteiger partial charge in [-0.25, -0.2) is 4.79 Å². The fourth-order valence-electron chi connectivity index (χ4n) is 1.97. The zero-order valence-corrected chi connectivity index (χ0v) is 15.1. The highest BCUT2D eigenvalue weighted by Crippen LogP contribution is 2.13. The Bertz CT molecular complexity index is 830. The number of ketones is 1. The topological polar surface area (TPSA) is 72.5 Å². The van der Waals surface area contributed by atoms with E-state index in [0.29, 0.717) is 11.3 Å². The summed E-state index contributed by atoms with van der Waals surface area (Å²) in [5.41, 5.74) is 1.79. The van der Waals surface area contributed by atoms with Crippen LogP contribution < -0.4 is 5.32 Å². The number of Topliss-reactive ketones (excluding diaryl/α,β-unsaturated/α-hetero) is 1. The maximum Gasteiger partial charge on any atom is 0.331 e.